The molecule has 2 aromatic rings. The van der Waals surface area contributed by atoms with Crippen molar-refractivity contribution >= 4 is 45.2 Å². The van der Waals surface area contributed by atoms with Crippen LogP contribution in [-0.4, -0.2) is 9.97 Å². The molecule has 4 heteroatoms. The molecule has 0 bridgehead atoms. The van der Waals surface area contributed by atoms with Crippen molar-refractivity contribution in [2.75, 3.05) is 0 Å². The summed E-state index contributed by atoms with van der Waals surface area (Å²) in [6.45, 7) is 0. The number of nitrogens with one attached hydrogen (secondary N) is 1. The Hall–Kier alpha value is -0.290. The number of rotatable bonds is 0. The van der Waals surface area contributed by atoms with Gasteiger partial charge >= 0.3 is 0 Å². The van der Waals surface area contributed by atoms with E-state index in [0.29, 0.717) is 0 Å². The molecule has 0 atom stereocenters. The number of aromatic amines is 1. The monoisotopic (exact) mass is 278 g/mol. The van der Waals surface area contributed by atoms with Crippen molar-refractivity contribution in [3.05, 3.63) is 27.1 Å². The first kappa shape index (κ1) is 7.36. The fourth-order valence-electron chi connectivity index (χ4n) is 0.979. The van der Waals surface area contributed by atoms with Crippen LogP contribution in [0.1, 0.15) is 0 Å². The van der Waals surface area contributed by atoms with Gasteiger partial charge in [0.25, 0.3) is 0 Å². The second-order valence-corrected chi connectivity index (χ2v) is 3.72. The number of halogens is 2. The van der Waals surface area contributed by atoms with Crippen LogP contribution in [0.4, 0.5) is 0 Å². The second-order valence-electron chi connectivity index (χ2n) is 2.15. The van der Waals surface area contributed by atoms with Crippen LogP contribution in [0.3, 0.4) is 0 Å². The second kappa shape index (κ2) is 2.64. The normalized spacial score (nSPS) is 10.7. The van der Waals surface area contributed by atoms with E-state index in [1.54, 1.807) is 12.4 Å². The highest BCUT2D eigenvalue weighted by Crippen LogP contribution is 2.25. The number of H-pyrrole nitrogens is 1. The van der Waals surface area contributed by atoms with Crippen LogP contribution in [-0.2, 0) is 0 Å². The highest BCUT2D eigenvalue weighted by molar-refractivity contribution is 14.1. The summed E-state index contributed by atoms with van der Waals surface area (Å²) in [5, 5.41) is 1.74. The third-order valence-electron chi connectivity index (χ3n) is 1.47. The number of nitrogens with zero attached hydrogens (tertiary/aromatic N) is 1. The Balaban J connectivity index is 2.96. The van der Waals surface area contributed by atoms with Gasteiger partial charge in [0.05, 0.1) is 10.4 Å². The summed E-state index contributed by atoms with van der Waals surface area (Å²) in [5.74, 6) is 0. The molecule has 0 aliphatic heterocycles. The number of pyridine rings is 1. The average Bonchev–Trinajstić information content (AvgIpc) is 2.34. The molecule has 2 rings (SSSR count). The van der Waals surface area contributed by atoms with Crippen molar-refractivity contribution in [1.82, 2.24) is 9.97 Å². The van der Waals surface area contributed by atoms with Crippen LogP contribution >= 0.6 is 34.2 Å². The first-order valence-electron chi connectivity index (χ1n) is 3.06. The van der Waals surface area contributed by atoms with Gasteiger partial charge in [-0.1, -0.05) is 11.6 Å². The van der Waals surface area contributed by atoms with Crippen molar-refractivity contribution in [2.45, 2.75) is 0 Å². The molecule has 2 aromatic heterocycles. The lowest BCUT2D eigenvalue weighted by atomic mass is 10.3. The predicted molar refractivity (Wildman–Crippen MR) is 53.8 cm³/mol. The Kier molecular flexibility index (Phi) is 1.77. The number of fused-ring (bicyclic) bond motifs is 1. The summed E-state index contributed by atoms with van der Waals surface area (Å²) in [5.41, 5.74) is 0.849. The summed E-state index contributed by atoms with van der Waals surface area (Å²) in [6.07, 6.45) is 3.51. The van der Waals surface area contributed by atoms with E-state index in [0.717, 1.165) is 19.6 Å². The Bertz CT molecular complexity index is 396. The van der Waals surface area contributed by atoms with E-state index < -0.39 is 0 Å². The Labute approximate surface area is 82.1 Å². The number of aromatic nitrogens is 2. The zero-order chi connectivity index (χ0) is 7.84. The Morgan fingerprint density at radius 3 is 3.09 bits per heavy atom. The molecule has 1 N–H and O–H groups in total. The third-order valence-corrected chi connectivity index (χ3v) is 2.67. The first-order chi connectivity index (χ1) is 5.29. The quantitative estimate of drug-likeness (QED) is 0.738. The van der Waals surface area contributed by atoms with Gasteiger partial charge in [0.1, 0.15) is 5.65 Å². The minimum Gasteiger partial charge on any atom is -0.345 e. The molecule has 0 amide bonds. The Morgan fingerprint density at radius 2 is 2.36 bits per heavy atom. The summed E-state index contributed by atoms with van der Waals surface area (Å²) in [4.78, 5) is 7.10. The summed E-state index contributed by atoms with van der Waals surface area (Å²) in [6, 6.07) is 1.93. The molecule has 0 spiro atoms. The molecule has 0 fully saturated rings. The van der Waals surface area contributed by atoms with Crippen LogP contribution in [0.2, 0.25) is 5.02 Å². The van der Waals surface area contributed by atoms with Gasteiger partial charge in [-0.25, -0.2) is 4.98 Å². The fourth-order valence-corrected chi connectivity index (χ4v) is 2.09. The summed E-state index contributed by atoms with van der Waals surface area (Å²) >= 11 is 8.14. The van der Waals surface area contributed by atoms with Gasteiger partial charge < -0.3 is 4.98 Å². The first-order valence-corrected chi connectivity index (χ1v) is 4.52. The molecule has 0 aliphatic carbocycles. The fraction of sp³-hybridized carbons (Fsp3) is 0. The lowest BCUT2D eigenvalue weighted by Gasteiger charge is -1.91. The molecular weight excluding hydrogens is 274 g/mol. The van der Waals surface area contributed by atoms with Gasteiger partial charge in [-0.2, -0.15) is 0 Å². The minimum atomic E-state index is 0.734. The Morgan fingerprint density at radius 1 is 1.55 bits per heavy atom. The minimum absolute atomic E-state index is 0.734. The van der Waals surface area contributed by atoms with Crippen molar-refractivity contribution in [3.8, 4) is 0 Å². The SMILES string of the molecule is Clc1c[nH]c2nccc(I)c12. The highest BCUT2D eigenvalue weighted by atomic mass is 127. The third kappa shape index (κ3) is 1.12. The van der Waals surface area contributed by atoms with Gasteiger partial charge in [-0.3, -0.25) is 0 Å². The lowest BCUT2D eigenvalue weighted by Crippen LogP contribution is -1.77. The average molecular weight is 278 g/mol. The van der Waals surface area contributed by atoms with E-state index >= 15 is 0 Å². The maximum absolute atomic E-state index is 5.90. The molecule has 0 aromatic carbocycles. The van der Waals surface area contributed by atoms with Crippen molar-refractivity contribution in [3.63, 3.8) is 0 Å². The van der Waals surface area contributed by atoms with Crippen LogP contribution in [0.5, 0.6) is 0 Å². The van der Waals surface area contributed by atoms with Gasteiger partial charge in [-0.15, -0.1) is 0 Å². The van der Waals surface area contributed by atoms with E-state index in [9.17, 15) is 0 Å². The van der Waals surface area contributed by atoms with E-state index in [2.05, 4.69) is 32.6 Å². The van der Waals surface area contributed by atoms with Gasteiger partial charge in [0.15, 0.2) is 0 Å². The zero-order valence-electron chi connectivity index (χ0n) is 5.44. The summed E-state index contributed by atoms with van der Waals surface area (Å²) < 4.78 is 1.12. The van der Waals surface area contributed by atoms with Gasteiger partial charge in [-0.05, 0) is 28.7 Å². The van der Waals surface area contributed by atoms with E-state index in [4.69, 9.17) is 11.6 Å². The maximum Gasteiger partial charge on any atom is 0.139 e. The standard InChI is InChI=1S/C7H4ClIN2/c8-4-3-11-7-6(4)5(9)1-2-10-7/h1-3H,(H,10,11). The van der Waals surface area contributed by atoms with Gasteiger partial charge in [0, 0.05) is 16.0 Å². The molecule has 11 heavy (non-hydrogen) atoms. The van der Waals surface area contributed by atoms with E-state index in [1.807, 2.05) is 6.07 Å². The van der Waals surface area contributed by atoms with Crippen molar-refractivity contribution < 1.29 is 0 Å². The molecule has 0 saturated carbocycles. The molecular formula is C7H4ClIN2. The molecule has 0 aliphatic rings. The van der Waals surface area contributed by atoms with E-state index in [-0.39, 0.29) is 0 Å². The van der Waals surface area contributed by atoms with Crippen LogP contribution < -0.4 is 0 Å². The molecule has 56 valence electrons. The number of hydrogen-bond acceptors (Lipinski definition) is 1. The van der Waals surface area contributed by atoms with Crippen LogP contribution in [0.25, 0.3) is 11.0 Å². The molecule has 2 heterocycles. The number of hydrogen-bond donors (Lipinski definition) is 1. The predicted octanol–water partition coefficient (Wildman–Crippen LogP) is 2.82. The molecule has 0 saturated heterocycles. The largest absolute Gasteiger partial charge is 0.345 e. The highest BCUT2D eigenvalue weighted by Gasteiger charge is 2.04. The van der Waals surface area contributed by atoms with E-state index in [1.165, 1.54) is 0 Å². The van der Waals surface area contributed by atoms with Crippen molar-refractivity contribution in [2.24, 2.45) is 0 Å². The smallest absolute Gasteiger partial charge is 0.139 e. The van der Waals surface area contributed by atoms with Gasteiger partial charge in [0.2, 0.25) is 0 Å². The topological polar surface area (TPSA) is 28.7 Å². The molecule has 2 nitrogen and oxygen atoms in total. The maximum atomic E-state index is 5.90. The zero-order valence-corrected chi connectivity index (χ0v) is 8.35. The van der Waals surface area contributed by atoms with Crippen LogP contribution in [0, 0.1) is 3.57 Å². The van der Waals surface area contributed by atoms with Crippen LogP contribution in [0.15, 0.2) is 18.5 Å². The lowest BCUT2D eigenvalue weighted by molar-refractivity contribution is 1.32. The molecule has 0 radical (unpaired) electrons. The molecule has 0 unspecified atom stereocenters. The summed E-state index contributed by atoms with van der Waals surface area (Å²) in [7, 11) is 0. The van der Waals surface area contributed by atoms with Crippen molar-refractivity contribution in [1.29, 1.82) is 0 Å².